The molecule has 20 heavy (non-hydrogen) atoms. The molecule has 0 radical (unpaired) electrons. The monoisotopic (exact) mass is 273 g/mol. The maximum absolute atomic E-state index is 12.0. The Kier molecular flexibility index (Phi) is 3.05. The number of hydrogen-bond donors (Lipinski definition) is 3. The van der Waals surface area contributed by atoms with Crippen LogP contribution >= 0.6 is 0 Å². The van der Waals surface area contributed by atoms with E-state index in [2.05, 4.69) is 20.7 Å². The number of fused-ring (bicyclic) bond motifs is 1. The average Bonchev–Trinajstić information content (AvgIpc) is 2.95. The molecule has 3 rings (SSSR count). The molecule has 2 aromatic rings. The second kappa shape index (κ2) is 5.02. The number of benzene rings is 1. The summed E-state index contributed by atoms with van der Waals surface area (Å²) in [7, 11) is 0. The zero-order valence-corrected chi connectivity index (χ0v) is 10.3. The van der Waals surface area contributed by atoms with Crippen LogP contribution in [0.25, 0.3) is 0 Å². The van der Waals surface area contributed by atoms with Gasteiger partial charge in [-0.15, -0.1) is 0 Å². The van der Waals surface area contributed by atoms with E-state index in [1.165, 1.54) is 12.4 Å². The van der Waals surface area contributed by atoms with Crippen molar-refractivity contribution in [3.63, 3.8) is 0 Å². The molecule has 8 heteroatoms. The van der Waals surface area contributed by atoms with Crippen LogP contribution in [0.3, 0.4) is 0 Å². The molecule has 0 saturated heterocycles. The normalized spacial score (nSPS) is 12.1. The van der Waals surface area contributed by atoms with Gasteiger partial charge in [0.1, 0.15) is 5.69 Å². The molecule has 1 aromatic heterocycles. The van der Waals surface area contributed by atoms with Gasteiger partial charge in [0.05, 0.1) is 12.4 Å². The summed E-state index contributed by atoms with van der Waals surface area (Å²) in [5, 5.41) is 2.70. The molecule has 8 nitrogen and oxygen atoms in total. The molecule has 2 heterocycles. The summed E-state index contributed by atoms with van der Waals surface area (Å²) >= 11 is 0. The van der Waals surface area contributed by atoms with E-state index < -0.39 is 0 Å². The van der Waals surface area contributed by atoms with Crippen molar-refractivity contribution in [3.05, 3.63) is 36.3 Å². The smallest absolute Gasteiger partial charge is 0.275 e. The maximum atomic E-state index is 12.0. The number of nitrogens with zero attached hydrogens (tertiary/aromatic N) is 2. The fourth-order valence-electron chi connectivity index (χ4n) is 1.69. The van der Waals surface area contributed by atoms with Crippen LogP contribution in [0.1, 0.15) is 10.5 Å². The van der Waals surface area contributed by atoms with Gasteiger partial charge >= 0.3 is 0 Å². The van der Waals surface area contributed by atoms with Crippen LogP contribution in [0.2, 0.25) is 0 Å². The highest BCUT2D eigenvalue weighted by atomic mass is 16.7. The third-order valence-electron chi connectivity index (χ3n) is 2.66. The standard InChI is InChI=1S/C12H11N5O3/c13-17-11-5-14-8(4-15-11)12(18)16-7-1-2-9-10(3-7)20-6-19-9/h1-5H,6,13H2,(H,15,17)(H,16,18). The van der Waals surface area contributed by atoms with E-state index in [1.54, 1.807) is 18.2 Å². The molecule has 0 bridgehead atoms. The van der Waals surface area contributed by atoms with Crippen molar-refractivity contribution in [1.29, 1.82) is 0 Å². The van der Waals surface area contributed by atoms with E-state index in [0.29, 0.717) is 23.0 Å². The lowest BCUT2D eigenvalue weighted by Gasteiger charge is -2.06. The third-order valence-corrected chi connectivity index (χ3v) is 2.66. The Bertz CT molecular complexity index is 644. The Hall–Kier alpha value is -2.87. The van der Waals surface area contributed by atoms with Gasteiger partial charge in [0.25, 0.3) is 5.91 Å². The van der Waals surface area contributed by atoms with Crippen LogP contribution in [-0.4, -0.2) is 22.7 Å². The zero-order chi connectivity index (χ0) is 13.9. The third kappa shape index (κ3) is 2.31. The second-order valence-corrected chi connectivity index (χ2v) is 3.95. The summed E-state index contributed by atoms with van der Waals surface area (Å²) in [5.74, 6) is 6.42. The quantitative estimate of drug-likeness (QED) is 0.558. The highest BCUT2D eigenvalue weighted by Crippen LogP contribution is 2.34. The van der Waals surface area contributed by atoms with Crippen LogP contribution in [0, 0.1) is 0 Å². The Morgan fingerprint density at radius 2 is 2.05 bits per heavy atom. The lowest BCUT2D eigenvalue weighted by molar-refractivity contribution is 0.102. The number of nitrogen functional groups attached to an aromatic ring is 1. The number of carbonyl (C=O) groups excluding carboxylic acids is 1. The predicted molar refractivity (Wildman–Crippen MR) is 70.4 cm³/mol. The number of anilines is 2. The fraction of sp³-hybridized carbons (Fsp3) is 0.0833. The van der Waals surface area contributed by atoms with E-state index in [0.717, 1.165) is 0 Å². The summed E-state index contributed by atoms with van der Waals surface area (Å²) in [6.07, 6.45) is 2.70. The van der Waals surface area contributed by atoms with Gasteiger partial charge in [0.15, 0.2) is 17.3 Å². The number of aromatic nitrogens is 2. The topological polar surface area (TPSA) is 111 Å². The first-order valence-electron chi connectivity index (χ1n) is 5.76. The first-order chi connectivity index (χ1) is 9.76. The lowest BCUT2D eigenvalue weighted by Crippen LogP contribution is -2.15. The molecule has 0 fully saturated rings. The first kappa shape index (κ1) is 12.2. The second-order valence-electron chi connectivity index (χ2n) is 3.95. The fourth-order valence-corrected chi connectivity index (χ4v) is 1.69. The molecule has 0 atom stereocenters. The lowest BCUT2D eigenvalue weighted by atomic mass is 10.2. The molecule has 0 aliphatic carbocycles. The van der Waals surface area contributed by atoms with Crippen LogP contribution in [0.4, 0.5) is 11.5 Å². The SMILES string of the molecule is NNc1cnc(C(=O)Nc2ccc3c(c2)OCO3)cn1. The Morgan fingerprint density at radius 1 is 1.20 bits per heavy atom. The number of amides is 1. The Labute approximate surface area is 113 Å². The predicted octanol–water partition coefficient (Wildman–Crippen LogP) is 0.743. The van der Waals surface area contributed by atoms with Gasteiger partial charge in [0.2, 0.25) is 6.79 Å². The molecule has 1 aliphatic rings. The number of nitrogens with one attached hydrogen (secondary N) is 2. The molecule has 0 saturated carbocycles. The minimum absolute atomic E-state index is 0.182. The van der Waals surface area contributed by atoms with Gasteiger partial charge in [-0.2, -0.15) is 0 Å². The Morgan fingerprint density at radius 3 is 2.80 bits per heavy atom. The van der Waals surface area contributed by atoms with E-state index in [1.807, 2.05) is 0 Å². The number of hydrazine groups is 1. The molecule has 4 N–H and O–H groups in total. The molecule has 1 aliphatic heterocycles. The molecular formula is C12H11N5O3. The molecule has 1 amide bonds. The van der Waals surface area contributed by atoms with Crippen molar-refractivity contribution in [3.8, 4) is 11.5 Å². The summed E-state index contributed by atoms with van der Waals surface area (Å²) < 4.78 is 10.4. The maximum Gasteiger partial charge on any atom is 0.275 e. The number of ether oxygens (including phenoxy) is 2. The number of rotatable bonds is 3. The number of hydrogen-bond acceptors (Lipinski definition) is 7. The van der Waals surface area contributed by atoms with Crippen LogP contribution in [-0.2, 0) is 0 Å². The van der Waals surface area contributed by atoms with Gasteiger partial charge in [-0.3, -0.25) is 4.79 Å². The van der Waals surface area contributed by atoms with E-state index >= 15 is 0 Å². The first-order valence-corrected chi connectivity index (χ1v) is 5.76. The molecule has 0 unspecified atom stereocenters. The van der Waals surface area contributed by atoms with Crippen molar-refractivity contribution in [2.75, 3.05) is 17.5 Å². The summed E-state index contributed by atoms with van der Waals surface area (Å²) in [6.45, 7) is 0.186. The highest BCUT2D eigenvalue weighted by molar-refractivity contribution is 6.02. The minimum Gasteiger partial charge on any atom is -0.454 e. The molecular weight excluding hydrogens is 262 g/mol. The highest BCUT2D eigenvalue weighted by Gasteiger charge is 2.15. The van der Waals surface area contributed by atoms with Gasteiger partial charge in [-0.25, -0.2) is 15.8 Å². The zero-order valence-electron chi connectivity index (χ0n) is 10.3. The van der Waals surface area contributed by atoms with Crippen molar-refractivity contribution in [2.45, 2.75) is 0 Å². The van der Waals surface area contributed by atoms with Gasteiger partial charge in [-0.05, 0) is 12.1 Å². The van der Waals surface area contributed by atoms with Gasteiger partial charge < -0.3 is 20.2 Å². The van der Waals surface area contributed by atoms with E-state index in [9.17, 15) is 4.79 Å². The van der Waals surface area contributed by atoms with Crippen molar-refractivity contribution in [1.82, 2.24) is 9.97 Å². The summed E-state index contributed by atoms with van der Waals surface area (Å²) in [4.78, 5) is 19.8. The number of nitrogens with two attached hydrogens (primary N) is 1. The van der Waals surface area contributed by atoms with Crippen LogP contribution < -0.4 is 26.1 Å². The van der Waals surface area contributed by atoms with E-state index in [-0.39, 0.29) is 18.4 Å². The Balaban J connectivity index is 1.75. The summed E-state index contributed by atoms with van der Waals surface area (Å²) in [5.41, 5.74) is 3.10. The molecule has 1 aromatic carbocycles. The molecule has 0 spiro atoms. The largest absolute Gasteiger partial charge is 0.454 e. The van der Waals surface area contributed by atoms with Gasteiger partial charge in [0, 0.05) is 11.8 Å². The minimum atomic E-state index is -0.375. The number of carbonyl (C=O) groups is 1. The van der Waals surface area contributed by atoms with Gasteiger partial charge in [-0.1, -0.05) is 0 Å². The van der Waals surface area contributed by atoms with E-state index in [4.69, 9.17) is 15.3 Å². The van der Waals surface area contributed by atoms with Crippen molar-refractivity contribution < 1.29 is 14.3 Å². The van der Waals surface area contributed by atoms with Crippen molar-refractivity contribution in [2.24, 2.45) is 5.84 Å². The average molecular weight is 273 g/mol. The summed E-state index contributed by atoms with van der Waals surface area (Å²) in [6, 6.07) is 5.13. The van der Waals surface area contributed by atoms with Crippen molar-refractivity contribution >= 4 is 17.4 Å². The molecule has 102 valence electrons. The van der Waals surface area contributed by atoms with Crippen LogP contribution in [0.15, 0.2) is 30.6 Å². The van der Waals surface area contributed by atoms with Crippen LogP contribution in [0.5, 0.6) is 11.5 Å².